The Morgan fingerprint density at radius 2 is 1.84 bits per heavy atom. The van der Waals surface area contributed by atoms with Crippen LogP contribution in [0.2, 0.25) is 0 Å². The average Bonchev–Trinajstić information content (AvgIpc) is 3.50. The molecule has 4 aromatic rings. The number of phenols is 1. The number of nitrogens with zero attached hydrogens (tertiary/aromatic N) is 4. The third kappa shape index (κ3) is 5.83. The first kappa shape index (κ1) is 28.4. The molecule has 2 aliphatic heterocycles. The molecule has 43 heavy (non-hydrogen) atoms. The van der Waals surface area contributed by atoms with Crippen LogP contribution in [0, 0.1) is 0 Å². The Bertz CT molecular complexity index is 1640. The molecule has 2 fully saturated rings. The molecule has 3 atom stereocenters. The number of carbonyl (C=O) groups excluding carboxylic acids is 3. The van der Waals surface area contributed by atoms with Crippen molar-refractivity contribution in [3.63, 3.8) is 0 Å². The van der Waals surface area contributed by atoms with Gasteiger partial charge in [-0.2, -0.15) is 0 Å². The Hall–Kier alpha value is -4.70. The van der Waals surface area contributed by atoms with E-state index >= 15 is 0 Å². The Morgan fingerprint density at radius 1 is 1.05 bits per heavy atom. The van der Waals surface area contributed by atoms with Crippen LogP contribution < -0.4 is 5.32 Å². The van der Waals surface area contributed by atoms with Gasteiger partial charge in [-0.3, -0.25) is 14.5 Å². The number of thiazole rings is 1. The van der Waals surface area contributed by atoms with Crippen molar-refractivity contribution < 1.29 is 19.5 Å². The van der Waals surface area contributed by atoms with E-state index in [2.05, 4.69) is 16.9 Å². The second-order valence-corrected chi connectivity index (χ2v) is 11.8. The molecule has 0 spiro atoms. The van der Waals surface area contributed by atoms with Crippen LogP contribution in [0.5, 0.6) is 5.75 Å². The molecular weight excluding hydrogens is 562 g/mol. The van der Waals surface area contributed by atoms with E-state index in [1.54, 1.807) is 61.9 Å². The van der Waals surface area contributed by atoms with Crippen LogP contribution in [0.3, 0.4) is 0 Å². The van der Waals surface area contributed by atoms with E-state index in [9.17, 15) is 19.5 Å². The van der Waals surface area contributed by atoms with Gasteiger partial charge in [-0.25, -0.2) is 9.78 Å². The van der Waals surface area contributed by atoms with Crippen molar-refractivity contribution in [3.8, 4) is 5.75 Å². The molecule has 6 rings (SSSR count). The van der Waals surface area contributed by atoms with Gasteiger partial charge in [0.2, 0.25) is 11.8 Å². The number of hydrogen-bond acceptors (Lipinski definition) is 6. The molecule has 0 saturated carbocycles. The van der Waals surface area contributed by atoms with E-state index in [1.165, 1.54) is 0 Å². The number of piperazine rings is 1. The molecule has 4 amide bonds. The van der Waals surface area contributed by atoms with Gasteiger partial charge in [0.25, 0.3) is 0 Å². The second kappa shape index (κ2) is 12.3. The minimum Gasteiger partial charge on any atom is -0.508 e. The number of nitrogens with one attached hydrogen (secondary N) is 1. The average molecular weight is 596 g/mol. The lowest BCUT2D eigenvalue weighted by atomic mass is 9.94. The van der Waals surface area contributed by atoms with Crippen LogP contribution in [-0.4, -0.2) is 67.4 Å². The fourth-order valence-electron chi connectivity index (χ4n) is 6.14. The van der Waals surface area contributed by atoms with Crippen LogP contribution in [0.4, 0.5) is 4.79 Å². The lowest BCUT2D eigenvalue weighted by molar-refractivity contribution is -0.170. The third-order valence-electron chi connectivity index (χ3n) is 8.18. The smallest absolute Gasteiger partial charge is 0.319 e. The van der Waals surface area contributed by atoms with Crippen molar-refractivity contribution >= 4 is 39.4 Å². The van der Waals surface area contributed by atoms with E-state index in [4.69, 9.17) is 0 Å². The van der Waals surface area contributed by atoms with Crippen molar-refractivity contribution in [1.82, 2.24) is 25.0 Å². The maximum Gasteiger partial charge on any atom is 0.319 e. The first-order chi connectivity index (χ1) is 20.9. The summed E-state index contributed by atoms with van der Waals surface area (Å²) in [7, 11) is 0. The number of para-hydroxylation sites is 1. The van der Waals surface area contributed by atoms with Gasteiger partial charge in [0, 0.05) is 32.0 Å². The maximum atomic E-state index is 14.2. The van der Waals surface area contributed by atoms with Crippen molar-refractivity contribution in [2.75, 3.05) is 6.54 Å². The fourth-order valence-corrected chi connectivity index (χ4v) is 6.86. The van der Waals surface area contributed by atoms with Gasteiger partial charge in [0.15, 0.2) is 0 Å². The quantitative estimate of drug-likeness (QED) is 0.288. The first-order valence-corrected chi connectivity index (χ1v) is 15.2. The largest absolute Gasteiger partial charge is 0.508 e. The highest BCUT2D eigenvalue weighted by molar-refractivity contribution is 7.16. The Morgan fingerprint density at radius 3 is 2.60 bits per heavy atom. The summed E-state index contributed by atoms with van der Waals surface area (Å²) in [6, 6.07) is 20.7. The van der Waals surface area contributed by atoms with Crippen LogP contribution in [0.1, 0.15) is 29.5 Å². The fraction of sp³-hybridized carbons (Fsp3) is 0.273. The van der Waals surface area contributed by atoms with E-state index < -0.39 is 18.2 Å². The summed E-state index contributed by atoms with van der Waals surface area (Å²) in [5.41, 5.74) is 5.32. The number of aromatic hydroxyl groups is 1. The van der Waals surface area contributed by atoms with Crippen molar-refractivity contribution in [3.05, 3.63) is 108 Å². The third-order valence-corrected chi connectivity index (χ3v) is 8.97. The minimum atomic E-state index is -0.820. The molecular formula is C33H33N5O4S. The van der Waals surface area contributed by atoms with Gasteiger partial charge in [0.05, 0.1) is 22.3 Å². The first-order valence-electron chi connectivity index (χ1n) is 14.3. The highest BCUT2D eigenvalue weighted by atomic mass is 32.1. The summed E-state index contributed by atoms with van der Waals surface area (Å²) >= 11 is 1.54. The number of rotatable bonds is 8. The molecule has 220 valence electrons. The number of fused-ring (bicyclic) bond motifs is 2. The number of carbonyl (C=O) groups is 3. The zero-order valence-corrected chi connectivity index (χ0v) is 24.5. The standard InChI is InChI=1S/C33H33N5O4S/c1-2-7-25-17-30(40)38-27(16-22-12-14-26(39)15-13-22)32(41)36(19-24-10-6-11-28-31(24)35-21-43-28)20-29(38)37(25)33(42)34-18-23-8-4-3-5-9-23/h2-6,8-15,21,25,27,29,39H,1,7,16-20H2,(H,34,42)/t25-,27+,29-/m1/s1. The Balaban J connectivity index is 1.36. The van der Waals surface area contributed by atoms with E-state index in [0.29, 0.717) is 19.5 Å². The predicted molar refractivity (Wildman–Crippen MR) is 165 cm³/mol. The molecule has 3 aromatic carbocycles. The molecule has 0 aliphatic carbocycles. The predicted octanol–water partition coefficient (Wildman–Crippen LogP) is 4.67. The molecule has 10 heteroatoms. The number of urea groups is 1. The number of benzene rings is 3. The Kier molecular flexibility index (Phi) is 8.11. The van der Waals surface area contributed by atoms with Gasteiger partial charge in [0.1, 0.15) is 18.0 Å². The summed E-state index contributed by atoms with van der Waals surface area (Å²) in [4.78, 5) is 51.5. The monoisotopic (exact) mass is 595 g/mol. The SMILES string of the molecule is C=CC[C@@H]1CC(=O)N2[C@H](CN(Cc3cccc4scnc34)C(=O)[C@@H]2Cc2ccc(O)cc2)N1C(=O)NCc1ccccc1. The molecule has 9 nitrogen and oxygen atoms in total. The summed E-state index contributed by atoms with van der Waals surface area (Å²) in [5, 5.41) is 12.9. The summed E-state index contributed by atoms with van der Waals surface area (Å²) in [6.07, 6.45) is 1.86. The highest BCUT2D eigenvalue weighted by Crippen LogP contribution is 2.33. The van der Waals surface area contributed by atoms with Gasteiger partial charge in [-0.15, -0.1) is 17.9 Å². The maximum absolute atomic E-state index is 14.2. The van der Waals surface area contributed by atoms with E-state index in [0.717, 1.165) is 26.9 Å². The summed E-state index contributed by atoms with van der Waals surface area (Å²) < 4.78 is 1.03. The molecule has 2 saturated heterocycles. The molecule has 0 unspecified atom stereocenters. The zero-order valence-electron chi connectivity index (χ0n) is 23.6. The Labute approximate surface area is 254 Å². The van der Waals surface area contributed by atoms with Crippen LogP contribution in [-0.2, 0) is 29.1 Å². The van der Waals surface area contributed by atoms with E-state index in [1.807, 2.05) is 48.5 Å². The van der Waals surface area contributed by atoms with Crippen molar-refractivity contribution in [1.29, 1.82) is 0 Å². The van der Waals surface area contributed by atoms with Crippen LogP contribution in [0.15, 0.2) is 91.0 Å². The summed E-state index contributed by atoms with van der Waals surface area (Å²) in [6.45, 7) is 4.69. The number of phenolic OH excluding ortho intramolecular Hbond substituents is 1. The van der Waals surface area contributed by atoms with Gasteiger partial charge in [-0.1, -0.05) is 60.7 Å². The second-order valence-electron chi connectivity index (χ2n) is 10.9. The van der Waals surface area contributed by atoms with Gasteiger partial charge < -0.3 is 20.2 Å². The molecule has 2 N–H and O–H groups in total. The van der Waals surface area contributed by atoms with Crippen molar-refractivity contribution in [2.45, 2.75) is 50.6 Å². The van der Waals surface area contributed by atoms with Crippen LogP contribution in [0.25, 0.3) is 10.2 Å². The van der Waals surface area contributed by atoms with E-state index in [-0.39, 0.29) is 43.0 Å². The molecule has 0 bridgehead atoms. The van der Waals surface area contributed by atoms with Crippen molar-refractivity contribution in [2.24, 2.45) is 0 Å². The number of hydrogen-bond donors (Lipinski definition) is 2. The molecule has 0 radical (unpaired) electrons. The van der Waals surface area contributed by atoms with Crippen LogP contribution >= 0.6 is 11.3 Å². The number of aromatic nitrogens is 1. The normalized spacial score (nSPS) is 20.3. The molecule has 2 aliphatic rings. The highest BCUT2D eigenvalue weighted by Gasteiger charge is 2.51. The molecule has 3 heterocycles. The molecule has 1 aromatic heterocycles. The lowest BCUT2D eigenvalue weighted by Gasteiger charge is -2.54. The number of amides is 4. The summed E-state index contributed by atoms with van der Waals surface area (Å²) in [5.74, 6) is -0.226. The topological polar surface area (TPSA) is 106 Å². The zero-order chi connectivity index (χ0) is 29.9. The van der Waals surface area contributed by atoms with Gasteiger partial charge >= 0.3 is 6.03 Å². The lowest BCUT2D eigenvalue weighted by Crippen LogP contribution is -2.74. The minimum absolute atomic E-state index is 0.0960. The van der Waals surface area contributed by atoms with Gasteiger partial charge in [-0.05, 0) is 41.3 Å².